The van der Waals surface area contributed by atoms with Gasteiger partial charge >= 0.3 is 0 Å². The molecule has 0 unspecified atom stereocenters. The van der Waals surface area contributed by atoms with Gasteiger partial charge in [-0.1, -0.05) is 29.8 Å². The average molecular weight is 374 g/mol. The average Bonchev–Trinajstić information content (AvgIpc) is 2.53. The van der Waals surface area contributed by atoms with Crippen LogP contribution in [0.1, 0.15) is 16.7 Å². The van der Waals surface area contributed by atoms with Gasteiger partial charge in [-0.15, -0.1) is 0 Å². The molecule has 0 aliphatic heterocycles. The number of benzene rings is 2. The second kappa shape index (κ2) is 8.83. The summed E-state index contributed by atoms with van der Waals surface area (Å²) in [6.07, 6.45) is 0. The van der Waals surface area contributed by atoms with Crippen molar-refractivity contribution in [3.63, 3.8) is 0 Å². The topological polar surface area (TPSA) is 61.4 Å². The largest absolute Gasteiger partial charge is 0.325 e. The van der Waals surface area contributed by atoms with Crippen molar-refractivity contribution >= 4 is 34.8 Å². The quantitative estimate of drug-likeness (QED) is 0.810. The molecule has 2 N–H and O–H groups in total. The van der Waals surface area contributed by atoms with Gasteiger partial charge in [0.25, 0.3) is 0 Å². The maximum absolute atomic E-state index is 12.3. The Hall–Kier alpha value is -2.37. The van der Waals surface area contributed by atoms with Gasteiger partial charge in [0.15, 0.2) is 0 Å². The molecule has 0 aliphatic rings. The molecular weight excluding hydrogens is 350 g/mol. The molecule has 2 aromatic rings. The summed E-state index contributed by atoms with van der Waals surface area (Å²) in [5, 5.41) is 6.38. The van der Waals surface area contributed by atoms with Crippen LogP contribution in [-0.2, 0) is 9.59 Å². The number of carbonyl (C=O) groups excluding carboxylic acids is 2. The third-order valence-electron chi connectivity index (χ3n) is 4.04. The van der Waals surface area contributed by atoms with E-state index in [-0.39, 0.29) is 24.9 Å². The third-order valence-corrected chi connectivity index (χ3v) is 4.27. The number of aryl methyl sites for hydroxylation is 3. The summed E-state index contributed by atoms with van der Waals surface area (Å²) in [5.41, 5.74) is 4.45. The Bertz CT molecular complexity index is 800. The van der Waals surface area contributed by atoms with Crippen LogP contribution in [0.4, 0.5) is 11.4 Å². The Morgan fingerprint density at radius 1 is 0.923 bits per heavy atom. The Labute approximate surface area is 159 Å². The molecular formula is C20H24ClN3O2. The highest BCUT2D eigenvalue weighted by molar-refractivity contribution is 6.30. The zero-order valence-electron chi connectivity index (χ0n) is 15.5. The molecule has 0 saturated heterocycles. The molecule has 26 heavy (non-hydrogen) atoms. The van der Waals surface area contributed by atoms with Crippen LogP contribution in [-0.4, -0.2) is 36.9 Å². The monoisotopic (exact) mass is 373 g/mol. The summed E-state index contributed by atoms with van der Waals surface area (Å²) >= 11 is 5.92. The first-order chi connectivity index (χ1) is 12.3. The van der Waals surface area contributed by atoms with Crippen LogP contribution >= 0.6 is 11.6 Å². The SMILES string of the molecule is Cc1cc(Cl)ccc1NC(=O)CN(C)CC(=O)Nc1c(C)cccc1C. The molecule has 0 spiro atoms. The minimum atomic E-state index is -0.183. The van der Waals surface area contributed by atoms with E-state index < -0.39 is 0 Å². The number of halogens is 1. The second-order valence-electron chi connectivity index (χ2n) is 6.49. The van der Waals surface area contributed by atoms with Gasteiger partial charge in [-0.25, -0.2) is 0 Å². The lowest BCUT2D eigenvalue weighted by Crippen LogP contribution is -2.36. The minimum absolute atomic E-state index is 0.113. The molecule has 0 bridgehead atoms. The first-order valence-corrected chi connectivity index (χ1v) is 8.74. The van der Waals surface area contributed by atoms with E-state index in [1.165, 1.54) is 0 Å². The maximum atomic E-state index is 12.3. The first-order valence-electron chi connectivity index (χ1n) is 8.37. The molecule has 0 saturated carbocycles. The zero-order chi connectivity index (χ0) is 19.3. The fourth-order valence-corrected chi connectivity index (χ4v) is 2.92. The number of nitrogens with one attached hydrogen (secondary N) is 2. The number of carbonyl (C=O) groups is 2. The Kier molecular flexibility index (Phi) is 6.77. The third kappa shape index (κ3) is 5.58. The van der Waals surface area contributed by atoms with Gasteiger partial charge in [0.1, 0.15) is 0 Å². The molecule has 2 aromatic carbocycles. The fourth-order valence-electron chi connectivity index (χ4n) is 2.69. The molecule has 0 heterocycles. The molecule has 6 heteroatoms. The van der Waals surface area contributed by atoms with E-state index >= 15 is 0 Å². The Morgan fingerprint density at radius 2 is 1.50 bits per heavy atom. The molecule has 0 atom stereocenters. The van der Waals surface area contributed by atoms with Crippen LogP contribution in [0.15, 0.2) is 36.4 Å². The van der Waals surface area contributed by atoms with Crippen LogP contribution < -0.4 is 10.6 Å². The number of para-hydroxylation sites is 1. The highest BCUT2D eigenvalue weighted by Gasteiger charge is 2.13. The van der Waals surface area contributed by atoms with E-state index in [0.717, 1.165) is 22.4 Å². The van der Waals surface area contributed by atoms with E-state index in [0.29, 0.717) is 10.7 Å². The second-order valence-corrected chi connectivity index (χ2v) is 6.93. The van der Waals surface area contributed by atoms with Crippen molar-refractivity contribution in [2.45, 2.75) is 20.8 Å². The summed E-state index contributed by atoms with van der Waals surface area (Å²) in [4.78, 5) is 26.1. The maximum Gasteiger partial charge on any atom is 0.238 e. The Balaban J connectivity index is 1.88. The van der Waals surface area contributed by atoms with Crippen molar-refractivity contribution in [3.05, 3.63) is 58.1 Å². The number of rotatable bonds is 6. The molecule has 138 valence electrons. The molecule has 2 amide bonds. The smallest absolute Gasteiger partial charge is 0.238 e. The van der Waals surface area contributed by atoms with Crippen LogP contribution in [0, 0.1) is 20.8 Å². The van der Waals surface area contributed by atoms with Crippen molar-refractivity contribution in [1.29, 1.82) is 0 Å². The van der Waals surface area contributed by atoms with E-state index in [9.17, 15) is 9.59 Å². The minimum Gasteiger partial charge on any atom is -0.325 e. The highest BCUT2D eigenvalue weighted by Crippen LogP contribution is 2.20. The van der Waals surface area contributed by atoms with Crippen molar-refractivity contribution < 1.29 is 9.59 Å². The summed E-state index contributed by atoms with van der Waals surface area (Å²) in [6.45, 7) is 6.02. The van der Waals surface area contributed by atoms with Crippen molar-refractivity contribution in [2.75, 3.05) is 30.8 Å². The van der Waals surface area contributed by atoms with Gasteiger partial charge in [-0.3, -0.25) is 14.5 Å². The predicted octanol–water partition coefficient (Wildman–Crippen LogP) is 3.77. The van der Waals surface area contributed by atoms with Gasteiger partial charge in [0, 0.05) is 16.4 Å². The van der Waals surface area contributed by atoms with Crippen LogP contribution in [0.2, 0.25) is 5.02 Å². The number of nitrogens with zero attached hydrogens (tertiary/aromatic N) is 1. The van der Waals surface area contributed by atoms with E-state index in [2.05, 4.69) is 10.6 Å². The van der Waals surface area contributed by atoms with Gasteiger partial charge in [0.05, 0.1) is 13.1 Å². The van der Waals surface area contributed by atoms with Crippen LogP contribution in [0.3, 0.4) is 0 Å². The Morgan fingerprint density at radius 3 is 2.08 bits per heavy atom. The molecule has 0 aromatic heterocycles. The highest BCUT2D eigenvalue weighted by atomic mass is 35.5. The van der Waals surface area contributed by atoms with Gasteiger partial charge in [0.2, 0.25) is 11.8 Å². The van der Waals surface area contributed by atoms with Crippen molar-refractivity contribution in [2.24, 2.45) is 0 Å². The summed E-state index contributed by atoms with van der Waals surface area (Å²) in [5.74, 6) is -0.335. The van der Waals surface area contributed by atoms with Gasteiger partial charge < -0.3 is 10.6 Å². The summed E-state index contributed by atoms with van der Waals surface area (Å²) in [6, 6.07) is 11.1. The molecule has 0 fully saturated rings. The van der Waals surface area contributed by atoms with Crippen molar-refractivity contribution in [1.82, 2.24) is 4.90 Å². The van der Waals surface area contributed by atoms with E-state index in [4.69, 9.17) is 11.6 Å². The summed E-state index contributed by atoms with van der Waals surface area (Å²) in [7, 11) is 1.73. The fraction of sp³-hybridized carbons (Fsp3) is 0.300. The van der Waals surface area contributed by atoms with Crippen LogP contribution in [0.5, 0.6) is 0 Å². The van der Waals surface area contributed by atoms with Gasteiger partial charge in [-0.2, -0.15) is 0 Å². The van der Waals surface area contributed by atoms with E-state index in [1.54, 1.807) is 30.1 Å². The molecule has 0 radical (unpaired) electrons. The van der Waals surface area contributed by atoms with Crippen LogP contribution in [0.25, 0.3) is 0 Å². The predicted molar refractivity (Wildman–Crippen MR) is 107 cm³/mol. The molecule has 5 nitrogen and oxygen atoms in total. The number of anilines is 2. The van der Waals surface area contributed by atoms with E-state index in [1.807, 2.05) is 39.0 Å². The summed E-state index contributed by atoms with van der Waals surface area (Å²) < 4.78 is 0. The molecule has 0 aliphatic carbocycles. The number of hydrogen-bond donors (Lipinski definition) is 2. The zero-order valence-corrected chi connectivity index (χ0v) is 16.3. The molecule has 2 rings (SSSR count). The number of amides is 2. The lowest BCUT2D eigenvalue weighted by molar-refractivity contribution is -0.119. The normalized spacial score (nSPS) is 10.7. The lowest BCUT2D eigenvalue weighted by Gasteiger charge is -2.18. The number of likely N-dealkylation sites (N-methyl/N-ethyl adjacent to an activating group) is 1. The lowest BCUT2D eigenvalue weighted by atomic mass is 10.1. The van der Waals surface area contributed by atoms with Crippen molar-refractivity contribution in [3.8, 4) is 0 Å². The first kappa shape index (κ1) is 19.9. The standard InChI is InChI=1S/C20H24ClN3O2/c1-13-6-5-7-14(2)20(13)23-19(26)12-24(4)11-18(25)22-17-9-8-16(21)10-15(17)3/h5-10H,11-12H2,1-4H3,(H,22,25)(H,23,26). The number of hydrogen-bond acceptors (Lipinski definition) is 3. The van der Waals surface area contributed by atoms with Gasteiger partial charge in [-0.05, 0) is 62.7 Å².